The van der Waals surface area contributed by atoms with Crippen molar-refractivity contribution in [3.8, 4) is 5.75 Å². The number of fused-ring (bicyclic) bond motifs is 1. The van der Waals surface area contributed by atoms with Gasteiger partial charge in [0.1, 0.15) is 5.56 Å². The Morgan fingerprint density at radius 3 is 2.68 bits per heavy atom. The van der Waals surface area contributed by atoms with Gasteiger partial charge in [-0.2, -0.15) is 0 Å². The second-order valence-electron chi connectivity index (χ2n) is 5.46. The van der Waals surface area contributed by atoms with E-state index in [0.717, 1.165) is 5.56 Å². The maximum atomic E-state index is 12.3. The summed E-state index contributed by atoms with van der Waals surface area (Å²) in [6, 6.07) is 14.1. The summed E-state index contributed by atoms with van der Waals surface area (Å²) in [5, 5.41) is 4.02. The van der Waals surface area contributed by atoms with Crippen LogP contribution in [-0.2, 0) is 6.42 Å². The molecular weight excluding hydrogens is 342 g/mol. The Kier molecular flexibility index (Phi) is 5.05. The third kappa shape index (κ3) is 3.83. The minimum Gasteiger partial charge on any atom is -0.493 e. The molecule has 1 N–H and O–H groups in total. The van der Waals surface area contributed by atoms with Crippen LogP contribution in [0.25, 0.3) is 11.0 Å². The maximum absolute atomic E-state index is 12.3. The molecule has 5 nitrogen and oxygen atoms in total. The predicted octanol–water partition coefficient (Wildman–Crippen LogP) is 3.43. The van der Waals surface area contributed by atoms with Crippen molar-refractivity contribution in [3.05, 3.63) is 75.1 Å². The minimum absolute atomic E-state index is 0.0307. The quantitative estimate of drug-likeness (QED) is 0.710. The first kappa shape index (κ1) is 17.0. The molecule has 0 bridgehead atoms. The molecule has 3 aromatic rings. The molecule has 2 aromatic carbocycles. The molecule has 0 spiro atoms. The van der Waals surface area contributed by atoms with Gasteiger partial charge in [0, 0.05) is 17.0 Å². The fourth-order valence-electron chi connectivity index (χ4n) is 2.50. The van der Waals surface area contributed by atoms with Gasteiger partial charge >= 0.3 is 5.63 Å². The Morgan fingerprint density at radius 2 is 1.96 bits per heavy atom. The Labute approximate surface area is 149 Å². The summed E-state index contributed by atoms with van der Waals surface area (Å²) in [6.07, 6.45) is 0.635. The molecule has 0 aliphatic carbocycles. The first-order valence-corrected chi connectivity index (χ1v) is 8.10. The molecule has 1 amide bonds. The van der Waals surface area contributed by atoms with Crippen molar-refractivity contribution < 1.29 is 13.9 Å². The van der Waals surface area contributed by atoms with Crippen LogP contribution < -0.4 is 15.7 Å². The van der Waals surface area contributed by atoms with E-state index in [1.807, 2.05) is 12.1 Å². The second-order valence-corrected chi connectivity index (χ2v) is 5.89. The zero-order valence-corrected chi connectivity index (χ0v) is 14.3. The molecule has 6 heteroatoms. The number of hydrogen-bond donors (Lipinski definition) is 1. The van der Waals surface area contributed by atoms with Gasteiger partial charge in [0.25, 0.3) is 5.91 Å². The zero-order valence-electron chi connectivity index (χ0n) is 13.5. The van der Waals surface area contributed by atoms with Crippen LogP contribution >= 0.6 is 11.6 Å². The Balaban J connectivity index is 1.74. The third-order valence-corrected chi connectivity index (χ3v) is 4.05. The molecule has 0 aliphatic heterocycles. The molecule has 128 valence electrons. The van der Waals surface area contributed by atoms with Crippen LogP contribution in [0.15, 0.2) is 57.7 Å². The molecule has 0 saturated heterocycles. The SMILES string of the molecule is COc1cccc2cc(C(=O)NCCc3ccc(Cl)cc3)c(=O)oc12. The predicted molar refractivity (Wildman–Crippen MR) is 96.5 cm³/mol. The van der Waals surface area contributed by atoms with Crippen LogP contribution in [-0.4, -0.2) is 19.6 Å². The van der Waals surface area contributed by atoms with Gasteiger partial charge in [0.15, 0.2) is 11.3 Å². The molecule has 25 heavy (non-hydrogen) atoms. The van der Waals surface area contributed by atoms with E-state index in [1.54, 1.807) is 30.3 Å². The lowest BCUT2D eigenvalue weighted by atomic mass is 10.1. The number of nitrogens with one attached hydrogen (secondary N) is 1. The fraction of sp³-hybridized carbons (Fsp3) is 0.158. The maximum Gasteiger partial charge on any atom is 0.349 e. The standard InChI is InChI=1S/C19H16ClNO4/c1-24-16-4-2-3-13-11-15(19(23)25-17(13)16)18(22)21-10-9-12-5-7-14(20)8-6-12/h2-8,11H,9-10H2,1H3,(H,21,22). The summed E-state index contributed by atoms with van der Waals surface area (Å²) in [5.41, 5.74) is 0.644. The fourth-order valence-corrected chi connectivity index (χ4v) is 2.63. The van der Waals surface area contributed by atoms with E-state index in [2.05, 4.69) is 5.32 Å². The topological polar surface area (TPSA) is 68.5 Å². The number of ether oxygens (including phenoxy) is 1. The van der Waals surface area contributed by atoms with E-state index in [1.165, 1.54) is 13.2 Å². The van der Waals surface area contributed by atoms with Gasteiger partial charge in [0.05, 0.1) is 7.11 Å². The van der Waals surface area contributed by atoms with Crippen LogP contribution in [0.5, 0.6) is 5.75 Å². The number of para-hydroxylation sites is 1. The highest BCUT2D eigenvalue weighted by molar-refractivity contribution is 6.30. The van der Waals surface area contributed by atoms with Gasteiger partial charge in [0.2, 0.25) is 0 Å². The van der Waals surface area contributed by atoms with Gasteiger partial charge in [-0.1, -0.05) is 35.9 Å². The van der Waals surface area contributed by atoms with E-state index < -0.39 is 11.5 Å². The smallest absolute Gasteiger partial charge is 0.349 e. The van der Waals surface area contributed by atoms with Crippen molar-refractivity contribution >= 4 is 28.5 Å². The molecule has 1 heterocycles. The molecule has 0 saturated carbocycles. The molecule has 0 radical (unpaired) electrons. The number of halogens is 1. The van der Waals surface area contributed by atoms with E-state index in [4.69, 9.17) is 20.8 Å². The second kappa shape index (κ2) is 7.40. The van der Waals surface area contributed by atoms with Crippen molar-refractivity contribution in [2.24, 2.45) is 0 Å². The summed E-state index contributed by atoms with van der Waals surface area (Å²) in [4.78, 5) is 24.4. The van der Waals surface area contributed by atoms with Gasteiger partial charge in [-0.05, 0) is 36.2 Å². The van der Waals surface area contributed by atoms with E-state index in [9.17, 15) is 9.59 Å². The number of hydrogen-bond acceptors (Lipinski definition) is 4. The van der Waals surface area contributed by atoms with Crippen molar-refractivity contribution in [3.63, 3.8) is 0 Å². The highest BCUT2D eigenvalue weighted by Gasteiger charge is 2.15. The highest BCUT2D eigenvalue weighted by Crippen LogP contribution is 2.24. The van der Waals surface area contributed by atoms with E-state index >= 15 is 0 Å². The summed E-state index contributed by atoms with van der Waals surface area (Å²) < 4.78 is 10.4. The lowest BCUT2D eigenvalue weighted by molar-refractivity contribution is 0.0950. The van der Waals surface area contributed by atoms with Crippen molar-refractivity contribution in [2.45, 2.75) is 6.42 Å². The van der Waals surface area contributed by atoms with Crippen molar-refractivity contribution in [1.29, 1.82) is 0 Å². The average Bonchev–Trinajstić information content (AvgIpc) is 2.62. The molecule has 3 rings (SSSR count). The van der Waals surface area contributed by atoms with Gasteiger partial charge in [-0.25, -0.2) is 4.79 Å². The Bertz CT molecular complexity index is 963. The van der Waals surface area contributed by atoms with Crippen molar-refractivity contribution in [2.75, 3.05) is 13.7 Å². The number of carbonyl (C=O) groups excluding carboxylic acids is 1. The van der Waals surface area contributed by atoms with Crippen molar-refractivity contribution in [1.82, 2.24) is 5.32 Å². The molecule has 0 unspecified atom stereocenters. The van der Waals surface area contributed by atoms with E-state index in [0.29, 0.717) is 34.7 Å². The molecular formula is C19H16ClNO4. The first-order valence-electron chi connectivity index (χ1n) is 7.72. The largest absolute Gasteiger partial charge is 0.493 e. The van der Waals surface area contributed by atoms with Crippen LogP contribution in [0.2, 0.25) is 5.02 Å². The number of amides is 1. The third-order valence-electron chi connectivity index (χ3n) is 3.80. The first-order chi connectivity index (χ1) is 12.1. The highest BCUT2D eigenvalue weighted by atomic mass is 35.5. The summed E-state index contributed by atoms with van der Waals surface area (Å²) in [7, 11) is 1.49. The van der Waals surface area contributed by atoms with Gasteiger partial charge in [-0.3, -0.25) is 4.79 Å². The Hall–Kier alpha value is -2.79. The number of rotatable bonds is 5. The normalized spacial score (nSPS) is 10.6. The van der Waals surface area contributed by atoms with Crippen LogP contribution in [0.3, 0.4) is 0 Å². The average molecular weight is 358 g/mol. The van der Waals surface area contributed by atoms with Gasteiger partial charge in [-0.15, -0.1) is 0 Å². The van der Waals surface area contributed by atoms with Crippen LogP contribution in [0, 0.1) is 0 Å². The van der Waals surface area contributed by atoms with Gasteiger partial charge < -0.3 is 14.5 Å². The lowest BCUT2D eigenvalue weighted by Crippen LogP contribution is -2.29. The monoisotopic (exact) mass is 357 g/mol. The van der Waals surface area contributed by atoms with Crippen LogP contribution in [0.1, 0.15) is 15.9 Å². The molecule has 0 aliphatic rings. The lowest BCUT2D eigenvalue weighted by Gasteiger charge is -2.07. The van der Waals surface area contributed by atoms with E-state index in [-0.39, 0.29) is 5.56 Å². The molecule has 0 atom stereocenters. The molecule has 1 aromatic heterocycles. The summed E-state index contributed by atoms with van der Waals surface area (Å²) in [5.74, 6) is -0.0169. The number of carbonyl (C=O) groups is 1. The minimum atomic E-state index is -0.694. The Morgan fingerprint density at radius 1 is 1.20 bits per heavy atom. The number of benzene rings is 2. The number of methoxy groups -OCH3 is 1. The van der Waals surface area contributed by atoms with Crippen LogP contribution in [0.4, 0.5) is 0 Å². The molecule has 0 fully saturated rings. The summed E-state index contributed by atoms with van der Waals surface area (Å²) in [6.45, 7) is 0.399. The zero-order chi connectivity index (χ0) is 17.8. The summed E-state index contributed by atoms with van der Waals surface area (Å²) >= 11 is 5.84.